The van der Waals surface area contributed by atoms with Gasteiger partial charge in [-0.05, 0) is 18.1 Å². The number of nitrogens with one attached hydrogen (secondary N) is 2. The number of benzene rings is 1. The van der Waals surface area contributed by atoms with Crippen molar-refractivity contribution in [3.05, 3.63) is 29.8 Å². The van der Waals surface area contributed by atoms with E-state index in [1.165, 1.54) is 0 Å². The van der Waals surface area contributed by atoms with Crippen molar-refractivity contribution in [2.24, 2.45) is 5.92 Å². The molecule has 2 aromatic rings. The topological polar surface area (TPSA) is 49.9 Å². The van der Waals surface area contributed by atoms with Gasteiger partial charge in [0.2, 0.25) is 0 Å². The van der Waals surface area contributed by atoms with E-state index in [1.54, 1.807) is 0 Å². The first kappa shape index (κ1) is 11.1. The fraction of sp³-hybridized carbons (Fsp3) is 0.357. The highest BCUT2D eigenvalue weighted by atomic mass is 16.5. The molecule has 0 amide bonds. The van der Waals surface area contributed by atoms with Crippen LogP contribution in [-0.4, -0.2) is 16.7 Å². The van der Waals surface area contributed by atoms with Gasteiger partial charge in [0.05, 0.1) is 11.3 Å². The maximum atomic E-state index is 5.76. The summed E-state index contributed by atoms with van der Waals surface area (Å²) in [5, 5.41) is 10.8. The lowest BCUT2D eigenvalue weighted by Crippen LogP contribution is -2.11. The Morgan fingerprint density at radius 2 is 2.22 bits per heavy atom. The number of H-pyrrole nitrogens is 1. The lowest BCUT2D eigenvalue weighted by atomic mass is 10.0. The molecule has 1 aliphatic rings. The predicted octanol–water partition coefficient (Wildman–Crippen LogP) is 3.04. The molecular weight excluding hydrogens is 226 g/mol. The molecule has 2 heterocycles. The maximum absolute atomic E-state index is 5.76. The average Bonchev–Trinajstić information content (AvgIpc) is 2.80. The Labute approximate surface area is 106 Å². The van der Waals surface area contributed by atoms with Crippen molar-refractivity contribution in [2.45, 2.75) is 20.5 Å². The second-order valence-electron chi connectivity index (χ2n) is 4.99. The summed E-state index contributed by atoms with van der Waals surface area (Å²) in [5.41, 5.74) is 3.28. The Morgan fingerprint density at radius 3 is 3.06 bits per heavy atom. The van der Waals surface area contributed by atoms with Gasteiger partial charge in [0.25, 0.3) is 0 Å². The Morgan fingerprint density at radius 1 is 1.39 bits per heavy atom. The number of nitrogens with zero attached hydrogens (tertiary/aromatic N) is 1. The zero-order valence-electron chi connectivity index (χ0n) is 10.7. The van der Waals surface area contributed by atoms with Crippen molar-refractivity contribution >= 4 is 5.82 Å². The van der Waals surface area contributed by atoms with Crippen LogP contribution in [0.5, 0.6) is 5.75 Å². The number of aromatic nitrogens is 2. The Hall–Kier alpha value is -1.97. The van der Waals surface area contributed by atoms with Gasteiger partial charge in [-0.15, -0.1) is 0 Å². The molecule has 1 aromatic heterocycles. The van der Waals surface area contributed by atoms with Crippen LogP contribution in [0.15, 0.2) is 24.3 Å². The fourth-order valence-electron chi connectivity index (χ4n) is 2.12. The van der Waals surface area contributed by atoms with E-state index >= 15 is 0 Å². The molecule has 3 rings (SSSR count). The molecule has 2 N–H and O–H groups in total. The van der Waals surface area contributed by atoms with E-state index in [2.05, 4.69) is 35.4 Å². The molecule has 0 radical (unpaired) electrons. The SMILES string of the molecule is CC(C)CNc1n[nH]c2c1COc1ccccc1-2. The number of ether oxygens (including phenoxy) is 1. The number of anilines is 1. The monoisotopic (exact) mass is 243 g/mol. The highest BCUT2D eigenvalue weighted by molar-refractivity contribution is 5.75. The summed E-state index contributed by atoms with van der Waals surface area (Å²) in [6.45, 7) is 5.85. The first-order valence-electron chi connectivity index (χ1n) is 6.29. The van der Waals surface area contributed by atoms with Gasteiger partial charge in [0, 0.05) is 12.1 Å². The molecule has 94 valence electrons. The minimum Gasteiger partial charge on any atom is -0.488 e. The van der Waals surface area contributed by atoms with Crippen LogP contribution in [0.3, 0.4) is 0 Å². The number of hydrogen-bond acceptors (Lipinski definition) is 3. The van der Waals surface area contributed by atoms with Gasteiger partial charge < -0.3 is 10.1 Å². The number of rotatable bonds is 3. The van der Waals surface area contributed by atoms with Crippen LogP contribution >= 0.6 is 0 Å². The van der Waals surface area contributed by atoms with E-state index in [-0.39, 0.29) is 0 Å². The van der Waals surface area contributed by atoms with Crippen molar-refractivity contribution in [2.75, 3.05) is 11.9 Å². The van der Waals surface area contributed by atoms with Crippen LogP contribution in [0.1, 0.15) is 19.4 Å². The standard InChI is InChI=1S/C14H17N3O/c1-9(2)7-15-14-11-8-18-12-6-4-3-5-10(12)13(11)16-17-14/h3-6,9H,7-8H2,1-2H3,(H2,15,16,17). The minimum atomic E-state index is 0.573. The molecule has 1 aliphatic heterocycles. The molecule has 0 fully saturated rings. The summed E-state index contributed by atoms with van der Waals surface area (Å²) in [6.07, 6.45) is 0. The van der Waals surface area contributed by atoms with E-state index in [1.807, 2.05) is 18.2 Å². The number of hydrogen-bond donors (Lipinski definition) is 2. The van der Waals surface area contributed by atoms with E-state index in [4.69, 9.17) is 4.74 Å². The third-order valence-corrected chi connectivity index (χ3v) is 3.07. The Kier molecular flexibility index (Phi) is 2.70. The van der Waals surface area contributed by atoms with Crippen LogP contribution in [0.4, 0.5) is 5.82 Å². The third-order valence-electron chi connectivity index (χ3n) is 3.07. The largest absolute Gasteiger partial charge is 0.488 e. The van der Waals surface area contributed by atoms with Crippen LogP contribution in [0.25, 0.3) is 11.3 Å². The van der Waals surface area contributed by atoms with Crippen molar-refractivity contribution in [1.29, 1.82) is 0 Å². The Balaban J connectivity index is 1.94. The summed E-state index contributed by atoms with van der Waals surface area (Å²) in [5.74, 6) is 2.42. The average molecular weight is 243 g/mol. The molecule has 0 unspecified atom stereocenters. The van der Waals surface area contributed by atoms with Crippen LogP contribution in [0.2, 0.25) is 0 Å². The second kappa shape index (κ2) is 4.37. The summed E-state index contributed by atoms with van der Waals surface area (Å²) in [4.78, 5) is 0. The molecule has 0 saturated carbocycles. The fourth-order valence-corrected chi connectivity index (χ4v) is 2.12. The van der Waals surface area contributed by atoms with Crippen LogP contribution in [-0.2, 0) is 6.61 Å². The van der Waals surface area contributed by atoms with Crippen molar-refractivity contribution < 1.29 is 4.74 Å². The minimum absolute atomic E-state index is 0.573. The van der Waals surface area contributed by atoms with Crippen molar-refractivity contribution in [3.63, 3.8) is 0 Å². The molecule has 0 atom stereocenters. The third kappa shape index (κ3) is 1.83. The summed E-state index contributed by atoms with van der Waals surface area (Å²) in [7, 11) is 0. The molecule has 0 spiro atoms. The van der Waals surface area contributed by atoms with E-state index in [0.29, 0.717) is 12.5 Å². The molecule has 4 nitrogen and oxygen atoms in total. The van der Waals surface area contributed by atoms with Gasteiger partial charge in [-0.3, -0.25) is 5.10 Å². The van der Waals surface area contributed by atoms with Gasteiger partial charge in [0.1, 0.15) is 12.4 Å². The smallest absolute Gasteiger partial charge is 0.155 e. The maximum Gasteiger partial charge on any atom is 0.155 e. The van der Waals surface area contributed by atoms with E-state index in [0.717, 1.165) is 34.9 Å². The lowest BCUT2D eigenvalue weighted by Gasteiger charge is -2.18. The van der Waals surface area contributed by atoms with E-state index in [9.17, 15) is 0 Å². The van der Waals surface area contributed by atoms with Gasteiger partial charge in [-0.2, -0.15) is 5.10 Å². The van der Waals surface area contributed by atoms with Gasteiger partial charge >= 0.3 is 0 Å². The van der Waals surface area contributed by atoms with Gasteiger partial charge in [-0.1, -0.05) is 26.0 Å². The zero-order chi connectivity index (χ0) is 12.5. The second-order valence-corrected chi connectivity index (χ2v) is 4.99. The summed E-state index contributed by atoms with van der Waals surface area (Å²) >= 11 is 0. The number of fused-ring (bicyclic) bond motifs is 3. The molecule has 1 aromatic carbocycles. The quantitative estimate of drug-likeness (QED) is 0.871. The normalized spacial score (nSPS) is 12.8. The molecule has 0 aliphatic carbocycles. The molecule has 0 saturated heterocycles. The van der Waals surface area contributed by atoms with Crippen molar-refractivity contribution in [3.8, 4) is 17.0 Å². The number of para-hydroxylation sites is 1. The first-order chi connectivity index (χ1) is 8.75. The van der Waals surface area contributed by atoms with Crippen LogP contribution < -0.4 is 10.1 Å². The zero-order valence-corrected chi connectivity index (χ0v) is 10.7. The molecule has 4 heteroatoms. The van der Waals surface area contributed by atoms with Crippen LogP contribution in [0, 0.1) is 5.92 Å². The molecular formula is C14H17N3O. The van der Waals surface area contributed by atoms with E-state index < -0.39 is 0 Å². The lowest BCUT2D eigenvalue weighted by molar-refractivity contribution is 0.303. The summed E-state index contributed by atoms with van der Waals surface area (Å²) in [6, 6.07) is 8.04. The van der Waals surface area contributed by atoms with Gasteiger partial charge in [0.15, 0.2) is 5.82 Å². The van der Waals surface area contributed by atoms with Crippen molar-refractivity contribution in [1.82, 2.24) is 10.2 Å². The highest BCUT2D eigenvalue weighted by Crippen LogP contribution is 2.38. The first-order valence-corrected chi connectivity index (χ1v) is 6.29. The highest BCUT2D eigenvalue weighted by Gasteiger charge is 2.22. The Bertz CT molecular complexity index is 560. The molecule has 0 bridgehead atoms. The predicted molar refractivity (Wildman–Crippen MR) is 71.7 cm³/mol. The molecule has 18 heavy (non-hydrogen) atoms. The van der Waals surface area contributed by atoms with Gasteiger partial charge in [-0.25, -0.2) is 0 Å². The number of aromatic amines is 1. The summed E-state index contributed by atoms with van der Waals surface area (Å²) < 4.78 is 5.76.